The maximum Gasteiger partial charge on any atom is 0.336 e. The molecule has 0 aliphatic rings. The van der Waals surface area contributed by atoms with Crippen LogP contribution in [0.25, 0.3) is 10.9 Å². The molecule has 0 unspecified atom stereocenters. The van der Waals surface area contributed by atoms with Gasteiger partial charge >= 0.3 is 11.9 Å². The van der Waals surface area contributed by atoms with Gasteiger partial charge in [-0.25, -0.2) is 4.85 Å². The van der Waals surface area contributed by atoms with Gasteiger partial charge in [0, 0.05) is 18.3 Å². The van der Waals surface area contributed by atoms with E-state index in [0.717, 1.165) is 16.8 Å². The van der Waals surface area contributed by atoms with Crippen molar-refractivity contribution in [1.29, 1.82) is 0 Å². The number of hydrogen-bond acceptors (Lipinski definition) is 4. The van der Waals surface area contributed by atoms with Crippen LogP contribution in [-0.2, 0) is 31.4 Å². The maximum atomic E-state index is 11.7. The van der Waals surface area contributed by atoms with Gasteiger partial charge in [0.05, 0.1) is 25.7 Å². The number of carbonyl (C=O) groups is 2. The molecule has 0 aromatic carbocycles. The number of nitrogens with one attached hydrogen (secondary N) is 1. The molecule has 0 bridgehead atoms. The predicted molar refractivity (Wildman–Crippen MR) is 91.3 cm³/mol. The van der Waals surface area contributed by atoms with E-state index in [1.807, 2.05) is 6.92 Å². The van der Waals surface area contributed by atoms with E-state index in [-0.39, 0.29) is 24.2 Å². The summed E-state index contributed by atoms with van der Waals surface area (Å²) in [6.45, 7) is 12.6. The Hall–Kier alpha value is -2.26. The Kier molecular flexibility index (Phi) is 8.07. The van der Waals surface area contributed by atoms with Crippen molar-refractivity contribution in [3.05, 3.63) is 39.6 Å². The summed E-state index contributed by atoms with van der Waals surface area (Å²) in [5.74, 6) is -0.673. The molecular weight excluding hydrogens is 332 g/mol. The molecule has 0 aliphatic heterocycles. The Labute approximate surface area is 146 Å². The fourth-order valence-corrected chi connectivity index (χ4v) is 2.49. The summed E-state index contributed by atoms with van der Waals surface area (Å²) in [4.78, 5) is 28.9. The SMILES string of the molecule is [C-]#[N+]/C(=C\c1[nH]c(CCl)c(CCCOC(C)=O)c1C)C(=O)OCC. The lowest BCUT2D eigenvalue weighted by molar-refractivity contribution is -0.141. The van der Waals surface area contributed by atoms with Gasteiger partial charge in [0.2, 0.25) is 0 Å². The topological polar surface area (TPSA) is 72.8 Å². The Morgan fingerprint density at radius 1 is 1.38 bits per heavy atom. The van der Waals surface area contributed by atoms with Crippen LogP contribution in [0.1, 0.15) is 42.8 Å². The lowest BCUT2D eigenvalue weighted by Gasteiger charge is -2.04. The lowest BCUT2D eigenvalue weighted by atomic mass is 10.0. The van der Waals surface area contributed by atoms with Crippen LogP contribution in [0.4, 0.5) is 0 Å². The minimum absolute atomic E-state index is 0.0891. The smallest absolute Gasteiger partial charge is 0.336 e. The molecule has 0 saturated carbocycles. The van der Waals surface area contributed by atoms with Crippen LogP contribution in [-0.4, -0.2) is 30.1 Å². The maximum absolute atomic E-state index is 11.7. The van der Waals surface area contributed by atoms with Gasteiger partial charge in [0.15, 0.2) is 0 Å². The molecular formula is C17H21ClN2O4. The minimum atomic E-state index is -0.648. The number of carbonyl (C=O) groups excluding carboxylic acids is 2. The third-order valence-electron chi connectivity index (χ3n) is 3.40. The van der Waals surface area contributed by atoms with Crippen LogP contribution in [0.3, 0.4) is 0 Å². The summed E-state index contributed by atoms with van der Waals surface area (Å²) >= 11 is 5.97. The van der Waals surface area contributed by atoms with Crippen LogP contribution in [0.5, 0.6) is 0 Å². The van der Waals surface area contributed by atoms with E-state index in [2.05, 4.69) is 9.83 Å². The molecule has 130 valence electrons. The minimum Gasteiger partial charge on any atom is -0.471 e. The van der Waals surface area contributed by atoms with Crippen LogP contribution in [0.15, 0.2) is 5.70 Å². The second kappa shape index (κ2) is 9.78. The first kappa shape index (κ1) is 19.8. The number of ether oxygens (including phenoxy) is 2. The Morgan fingerprint density at radius 3 is 2.62 bits per heavy atom. The van der Waals surface area contributed by atoms with Crippen molar-refractivity contribution in [3.63, 3.8) is 0 Å². The van der Waals surface area contributed by atoms with Crippen molar-refractivity contribution < 1.29 is 19.1 Å². The summed E-state index contributed by atoms with van der Waals surface area (Å²) in [7, 11) is 0. The fourth-order valence-electron chi connectivity index (χ4n) is 2.26. The molecule has 0 atom stereocenters. The second-order valence-electron chi connectivity index (χ2n) is 5.06. The predicted octanol–water partition coefficient (Wildman–Crippen LogP) is 3.38. The Balaban J connectivity index is 2.99. The van der Waals surface area contributed by atoms with Crippen LogP contribution in [0, 0.1) is 13.5 Å². The fraction of sp³-hybridized carbons (Fsp3) is 0.471. The van der Waals surface area contributed by atoms with Gasteiger partial charge in [-0.3, -0.25) is 9.59 Å². The average Bonchev–Trinajstić information content (AvgIpc) is 2.84. The van der Waals surface area contributed by atoms with E-state index in [1.165, 1.54) is 13.0 Å². The Bertz CT molecular complexity index is 671. The second-order valence-corrected chi connectivity index (χ2v) is 5.33. The summed E-state index contributed by atoms with van der Waals surface area (Å²) < 4.78 is 9.79. The third-order valence-corrected chi connectivity index (χ3v) is 3.67. The summed E-state index contributed by atoms with van der Waals surface area (Å²) in [6, 6.07) is 0. The summed E-state index contributed by atoms with van der Waals surface area (Å²) in [6.07, 6.45) is 2.82. The molecule has 0 radical (unpaired) electrons. The molecule has 0 aliphatic carbocycles. The first-order chi connectivity index (χ1) is 11.4. The van der Waals surface area contributed by atoms with Crippen molar-refractivity contribution in [2.45, 2.75) is 39.5 Å². The normalized spacial score (nSPS) is 11.0. The highest BCUT2D eigenvalue weighted by molar-refractivity contribution is 6.17. The van der Waals surface area contributed by atoms with Crippen molar-refractivity contribution >= 4 is 29.6 Å². The number of aromatic amines is 1. The Morgan fingerprint density at radius 2 is 2.08 bits per heavy atom. The number of aromatic nitrogens is 1. The quantitative estimate of drug-likeness (QED) is 0.256. The molecule has 1 rings (SSSR count). The molecule has 0 spiro atoms. The molecule has 0 amide bonds. The molecule has 1 aromatic rings. The van der Waals surface area contributed by atoms with Crippen molar-refractivity contribution in [1.82, 2.24) is 4.98 Å². The number of H-pyrrole nitrogens is 1. The van der Waals surface area contributed by atoms with Gasteiger partial charge in [-0.1, -0.05) is 0 Å². The van der Waals surface area contributed by atoms with Gasteiger partial charge in [0.25, 0.3) is 5.70 Å². The number of hydrogen-bond donors (Lipinski definition) is 1. The van der Waals surface area contributed by atoms with Crippen molar-refractivity contribution in [3.8, 4) is 0 Å². The van der Waals surface area contributed by atoms with Crippen molar-refractivity contribution in [2.24, 2.45) is 0 Å². The highest BCUT2D eigenvalue weighted by atomic mass is 35.5. The van der Waals surface area contributed by atoms with Gasteiger partial charge in [-0.05, 0) is 43.9 Å². The molecule has 1 aromatic heterocycles. The summed E-state index contributed by atoms with van der Waals surface area (Å²) in [5, 5.41) is 0. The van der Waals surface area contributed by atoms with E-state index in [0.29, 0.717) is 25.1 Å². The first-order valence-corrected chi connectivity index (χ1v) is 8.13. The average molecular weight is 353 g/mol. The number of alkyl halides is 1. The van der Waals surface area contributed by atoms with E-state index < -0.39 is 5.97 Å². The number of esters is 2. The van der Waals surface area contributed by atoms with E-state index >= 15 is 0 Å². The van der Waals surface area contributed by atoms with E-state index in [9.17, 15) is 9.59 Å². The number of rotatable bonds is 8. The zero-order valence-corrected chi connectivity index (χ0v) is 14.8. The van der Waals surface area contributed by atoms with Crippen LogP contribution in [0.2, 0.25) is 0 Å². The van der Waals surface area contributed by atoms with E-state index in [4.69, 9.17) is 27.6 Å². The molecule has 6 nitrogen and oxygen atoms in total. The van der Waals surface area contributed by atoms with Gasteiger partial charge < -0.3 is 14.5 Å². The summed E-state index contributed by atoms with van der Waals surface area (Å²) in [5.41, 5.74) is 3.33. The highest BCUT2D eigenvalue weighted by Gasteiger charge is 2.16. The standard InChI is InChI=1S/C17H21ClN2O4/c1-5-23-17(22)15(19-4)9-14-11(2)13(16(10-18)20-14)7-6-8-24-12(3)21/h9,20H,5-8,10H2,1-3H3/b15-9-. The third kappa shape index (κ3) is 5.43. The number of nitrogens with zero attached hydrogens (tertiary/aromatic N) is 1. The highest BCUT2D eigenvalue weighted by Crippen LogP contribution is 2.24. The van der Waals surface area contributed by atoms with Gasteiger partial charge in [0.1, 0.15) is 0 Å². The first-order valence-electron chi connectivity index (χ1n) is 7.60. The van der Waals surface area contributed by atoms with Crippen LogP contribution < -0.4 is 0 Å². The van der Waals surface area contributed by atoms with Gasteiger partial charge in [-0.15, -0.1) is 11.6 Å². The van der Waals surface area contributed by atoms with Crippen molar-refractivity contribution in [2.75, 3.05) is 13.2 Å². The molecule has 0 saturated heterocycles. The van der Waals surface area contributed by atoms with E-state index in [1.54, 1.807) is 6.92 Å². The molecule has 1 N–H and O–H groups in total. The molecule has 1 heterocycles. The zero-order chi connectivity index (χ0) is 18.1. The molecule has 0 fully saturated rings. The zero-order valence-electron chi connectivity index (χ0n) is 14.1. The molecule has 7 heteroatoms. The van der Waals surface area contributed by atoms with Gasteiger partial charge in [-0.2, -0.15) is 0 Å². The molecule has 24 heavy (non-hydrogen) atoms. The van der Waals surface area contributed by atoms with Crippen LogP contribution >= 0.6 is 11.6 Å². The number of halogens is 1. The lowest BCUT2D eigenvalue weighted by Crippen LogP contribution is -2.05. The largest absolute Gasteiger partial charge is 0.471 e. The monoisotopic (exact) mass is 352 g/mol.